The topological polar surface area (TPSA) is 38.7 Å². The van der Waals surface area contributed by atoms with Crippen molar-refractivity contribution in [1.82, 2.24) is 15.1 Å². The third-order valence-corrected chi connectivity index (χ3v) is 4.40. The average molecular weight is 241 g/mol. The minimum Gasteiger partial charge on any atom is -0.395 e. The Bertz CT molecular complexity index is 217. The number of hydrogen-bond acceptors (Lipinski definition) is 4. The van der Waals surface area contributed by atoms with Gasteiger partial charge in [-0.05, 0) is 25.8 Å². The van der Waals surface area contributed by atoms with Crippen LogP contribution in [-0.4, -0.2) is 73.9 Å². The summed E-state index contributed by atoms with van der Waals surface area (Å²) in [4.78, 5) is 4.97. The van der Waals surface area contributed by atoms with Crippen molar-refractivity contribution in [2.45, 2.75) is 25.3 Å². The predicted molar refractivity (Wildman–Crippen MR) is 70.2 cm³/mol. The van der Waals surface area contributed by atoms with Gasteiger partial charge >= 0.3 is 0 Å². The van der Waals surface area contributed by atoms with Crippen molar-refractivity contribution in [1.29, 1.82) is 0 Å². The summed E-state index contributed by atoms with van der Waals surface area (Å²) in [6, 6.07) is 0.741. The molecule has 2 fully saturated rings. The van der Waals surface area contributed by atoms with Crippen molar-refractivity contribution in [3.8, 4) is 0 Å². The van der Waals surface area contributed by atoms with Crippen molar-refractivity contribution in [2.24, 2.45) is 5.92 Å². The number of aliphatic hydroxyl groups excluding tert-OH is 1. The van der Waals surface area contributed by atoms with E-state index in [1.807, 2.05) is 0 Å². The van der Waals surface area contributed by atoms with Crippen LogP contribution < -0.4 is 5.32 Å². The molecule has 0 aromatic carbocycles. The van der Waals surface area contributed by atoms with Gasteiger partial charge in [-0.3, -0.25) is 4.90 Å². The van der Waals surface area contributed by atoms with E-state index in [-0.39, 0.29) is 0 Å². The van der Waals surface area contributed by atoms with Crippen LogP contribution in [0.4, 0.5) is 0 Å². The zero-order valence-electron chi connectivity index (χ0n) is 11.1. The van der Waals surface area contributed by atoms with E-state index >= 15 is 0 Å². The van der Waals surface area contributed by atoms with Crippen LogP contribution in [0.3, 0.4) is 0 Å². The van der Waals surface area contributed by atoms with Gasteiger partial charge in [-0.1, -0.05) is 6.42 Å². The normalized spacial score (nSPS) is 32.1. The smallest absolute Gasteiger partial charge is 0.0558 e. The maximum absolute atomic E-state index is 8.92. The summed E-state index contributed by atoms with van der Waals surface area (Å²) < 4.78 is 0. The second kappa shape index (κ2) is 6.69. The molecule has 2 aliphatic rings. The molecule has 4 nitrogen and oxygen atoms in total. The highest BCUT2D eigenvalue weighted by molar-refractivity contribution is 4.85. The van der Waals surface area contributed by atoms with E-state index in [1.165, 1.54) is 38.9 Å². The lowest BCUT2D eigenvalue weighted by atomic mass is 10.0. The van der Waals surface area contributed by atoms with Crippen LogP contribution in [0.2, 0.25) is 0 Å². The van der Waals surface area contributed by atoms with Crippen molar-refractivity contribution in [3.05, 3.63) is 0 Å². The minimum atomic E-state index is 0.296. The number of nitrogens with one attached hydrogen (secondary N) is 1. The van der Waals surface area contributed by atoms with Gasteiger partial charge in [0.15, 0.2) is 0 Å². The number of β-amino-alcohol motifs (C(OH)–C–C–N with tert-alkyl or cyclic N) is 1. The first-order valence-electron chi connectivity index (χ1n) is 7.06. The Morgan fingerprint density at radius 3 is 2.47 bits per heavy atom. The van der Waals surface area contributed by atoms with Gasteiger partial charge in [0.05, 0.1) is 6.61 Å². The highest BCUT2D eigenvalue weighted by Gasteiger charge is 2.28. The summed E-state index contributed by atoms with van der Waals surface area (Å²) in [6.45, 7) is 6.99. The van der Waals surface area contributed by atoms with Crippen molar-refractivity contribution in [2.75, 3.05) is 52.9 Å². The lowest BCUT2D eigenvalue weighted by Crippen LogP contribution is -2.49. The number of rotatable bonds is 5. The summed E-state index contributed by atoms with van der Waals surface area (Å²) >= 11 is 0. The molecule has 0 aromatic heterocycles. The van der Waals surface area contributed by atoms with Gasteiger partial charge in [0.1, 0.15) is 0 Å². The van der Waals surface area contributed by atoms with E-state index in [1.54, 1.807) is 0 Å². The van der Waals surface area contributed by atoms with Gasteiger partial charge in [0, 0.05) is 45.3 Å². The quantitative estimate of drug-likeness (QED) is 0.710. The first-order chi connectivity index (χ1) is 8.33. The van der Waals surface area contributed by atoms with Gasteiger partial charge in [-0.15, -0.1) is 0 Å². The SMILES string of the molecule is CNC1CCCC1CN1CCN(CCO)CC1. The minimum absolute atomic E-state index is 0.296. The van der Waals surface area contributed by atoms with Crippen LogP contribution in [0.1, 0.15) is 19.3 Å². The molecule has 1 aliphatic carbocycles. The molecular weight excluding hydrogens is 214 g/mol. The molecule has 2 rings (SSSR count). The molecule has 4 heteroatoms. The van der Waals surface area contributed by atoms with Crippen LogP contribution in [0.25, 0.3) is 0 Å². The summed E-state index contributed by atoms with van der Waals surface area (Å²) in [6.07, 6.45) is 4.13. The molecule has 1 saturated carbocycles. The third-order valence-electron chi connectivity index (χ3n) is 4.40. The Kier molecular flexibility index (Phi) is 5.22. The number of aliphatic hydroxyl groups is 1. The largest absolute Gasteiger partial charge is 0.395 e. The van der Waals surface area contributed by atoms with Crippen molar-refractivity contribution >= 4 is 0 Å². The number of piperazine rings is 1. The lowest BCUT2D eigenvalue weighted by molar-refractivity contribution is 0.0988. The van der Waals surface area contributed by atoms with Gasteiger partial charge in [0.2, 0.25) is 0 Å². The van der Waals surface area contributed by atoms with Crippen LogP contribution in [0.5, 0.6) is 0 Å². The molecule has 2 atom stereocenters. The molecule has 2 unspecified atom stereocenters. The fraction of sp³-hybridized carbons (Fsp3) is 1.00. The van der Waals surface area contributed by atoms with E-state index in [4.69, 9.17) is 5.11 Å². The van der Waals surface area contributed by atoms with Gasteiger partial charge in [-0.25, -0.2) is 0 Å². The summed E-state index contributed by atoms with van der Waals surface area (Å²) in [5.41, 5.74) is 0. The molecule has 1 saturated heterocycles. The van der Waals surface area contributed by atoms with Crippen LogP contribution >= 0.6 is 0 Å². The van der Waals surface area contributed by atoms with E-state index in [0.29, 0.717) is 6.61 Å². The molecule has 0 spiro atoms. The molecule has 0 amide bonds. The summed E-state index contributed by atoms with van der Waals surface area (Å²) in [7, 11) is 2.10. The van der Waals surface area contributed by atoms with E-state index in [2.05, 4.69) is 22.2 Å². The number of nitrogens with zero attached hydrogens (tertiary/aromatic N) is 2. The van der Waals surface area contributed by atoms with Crippen molar-refractivity contribution in [3.63, 3.8) is 0 Å². The van der Waals surface area contributed by atoms with Crippen LogP contribution in [-0.2, 0) is 0 Å². The zero-order chi connectivity index (χ0) is 12.1. The first-order valence-corrected chi connectivity index (χ1v) is 7.06. The number of hydrogen-bond donors (Lipinski definition) is 2. The maximum Gasteiger partial charge on any atom is 0.0558 e. The van der Waals surface area contributed by atoms with E-state index in [9.17, 15) is 0 Å². The first kappa shape index (κ1) is 13.3. The van der Waals surface area contributed by atoms with E-state index in [0.717, 1.165) is 31.6 Å². The molecular formula is C13H27N3O. The third kappa shape index (κ3) is 3.65. The molecule has 1 heterocycles. The fourth-order valence-electron chi connectivity index (χ4n) is 3.30. The fourth-order valence-corrected chi connectivity index (χ4v) is 3.30. The molecule has 17 heavy (non-hydrogen) atoms. The predicted octanol–water partition coefficient (Wildman–Crippen LogP) is -0.0156. The maximum atomic E-state index is 8.92. The highest BCUT2D eigenvalue weighted by Crippen LogP contribution is 2.26. The Morgan fingerprint density at radius 1 is 1.12 bits per heavy atom. The molecule has 100 valence electrons. The van der Waals surface area contributed by atoms with Gasteiger partial charge in [-0.2, -0.15) is 0 Å². The Hall–Kier alpha value is -0.160. The van der Waals surface area contributed by atoms with Crippen molar-refractivity contribution < 1.29 is 5.11 Å². The zero-order valence-corrected chi connectivity index (χ0v) is 11.1. The second-order valence-corrected chi connectivity index (χ2v) is 5.45. The van der Waals surface area contributed by atoms with Gasteiger partial charge < -0.3 is 15.3 Å². The van der Waals surface area contributed by atoms with Gasteiger partial charge in [0.25, 0.3) is 0 Å². The molecule has 2 N–H and O–H groups in total. The van der Waals surface area contributed by atoms with Crippen LogP contribution in [0.15, 0.2) is 0 Å². The molecule has 1 aliphatic heterocycles. The Balaban J connectivity index is 1.70. The summed E-state index contributed by atoms with van der Waals surface area (Å²) in [5.74, 6) is 0.851. The molecule has 0 radical (unpaired) electrons. The monoisotopic (exact) mass is 241 g/mol. The summed E-state index contributed by atoms with van der Waals surface area (Å²) in [5, 5.41) is 12.4. The lowest BCUT2D eigenvalue weighted by Gasteiger charge is -2.36. The Labute approximate surface area is 105 Å². The Morgan fingerprint density at radius 2 is 1.82 bits per heavy atom. The standard InChI is InChI=1S/C13H27N3O/c1-14-13-4-2-3-12(13)11-16-7-5-15(6-8-16)9-10-17/h12-14,17H,2-11H2,1H3. The van der Waals surface area contributed by atoms with Crippen LogP contribution in [0, 0.1) is 5.92 Å². The second-order valence-electron chi connectivity index (χ2n) is 5.45. The van der Waals surface area contributed by atoms with E-state index < -0.39 is 0 Å². The highest BCUT2D eigenvalue weighted by atomic mass is 16.3. The molecule has 0 aromatic rings. The molecule has 0 bridgehead atoms. The average Bonchev–Trinajstić information content (AvgIpc) is 2.79.